The fourth-order valence-electron chi connectivity index (χ4n) is 1.28. The zero-order valence-corrected chi connectivity index (χ0v) is 9.24. The predicted molar refractivity (Wildman–Crippen MR) is 59.5 cm³/mol. The molecule has 2 rings (SSSR count). The Kier molecular flexibility index (Phi) is 3.03. The lowest BCUT2D eigenvalue weighted by Gasteiger charge is -2.06. The van der Waals surface area contributed by atoms with Gasteiger partial charge in [0.15, 0.2) is 0 Å². The van der Waals surface area contributed by atoms with Crippen LogP contribution in [0.3, 0.4) is 0 Å². The quantitative estimate of drug-likeness (QED) is 0.851. The molecule has 0 saturated heterocycles. The summed E-state index contributed by atoms with van der Waals surface area (Å²) in [4.78, 5) is 12.6. The molecule has 0 aliphatic rings. The molecule has 4 nitrogen and oxygen atoms in total. The average molecular weight is 220 g/mol. The van der Waals surface area contributed by atoms with Crippen molar-refractivity contribution >= 4 is 11.3 Å². The first-order valence-corrected chi connectivity index (χ1v) is 5.57. The zero-order valence-electron chi connectivity index (χ0n) is 8.42. The summed E-state index contributed by atoms with van der Waals surface area (Å²) in [5.74, 6) is 0.672. The van der Waals surface area contributed by atoms with E-state index in [1.807, 2.05) is 12.3 Å². The van der Waals surface area contributed by atoms with Crippen molar-refractivity contribution in [3.63, 3.8) is 0 Å². The third kappa shape index (κ3) is 2.57. The Morgan fingerprint density at radius 3 is 2.73 bits per heavy atom. The molecule has 1 atom stereocenters. The maximum Gasteiger partial charge on any atom is 0.145 e. The predicted octanol–water partition coefficient (Wildman–Crippen LogP) is 1.48. The summed E-state index contributed by atoms with van der Waals surface area (Å²) < 4.78 is 0. The molecule has 2 heterocycles. The number of hydrogen-bond acceptors (Lipinski definition) is 5. The molecule has 78 valence electrons. The molecule has 2 N–H and O–H groups in total. The van der Waals surface area contributed by atoms with Crippen LogP contribution in [0.25, 0.3) is 0 Å². The number of rotatable bonds is 3. The molecule has 0 aliphatic heterocycles. The summed E-state index contributed by atoms with van der Waals surface area (Å²) in [7, 11) is 0. The highest BCUT2D eigenvalue weighted by Crippen LogP contribution is 2.15. The highest BCUT2D eigenvalue weighted by molar-refractivity contribution is 7.09. The topological polar surface area (TPSA) is 64.7 Å². The van der Waals surface area contributed by atoms with Crippen LogP contribution >= 0.6 is 11.3 Å². The van der Waals surface area contributed by atoms with Gasteiger partial charge in [-0.05, 0) is 13.0 Å². The van der Waals surface area contributed by atoms with Crippen molar-refractivity contribution in [3.05, 3.63) is 40.4 Å². The lowest BCUT2D eigenvalue weighted by molar-refractivity contribution is 0.663. The number of thiazole rings is 1. The second-order valence-electron chi connectivity index (χ2n) is 3.30. The average Bonchev–Trinajstić information content (AvgIpc) is 2.65. The van der Waals surface area contributed by atoms with E-state index < -0.39 is 0 Å². The molecular formula is C10H12N4S. The van der Waals surface area contributed by atoms with Gasteiger partial charge in [-0.2, -0.15) is 0 Å². The molecule has 15 heavy (non-hydrogen) atoms. The second-order valence-corrected chi connectivity index (χ2v) is 4.24. The first kappa shape index (κ1) is 10.2. The van der Waals surface area contributed by atoms with Crippen molar-refractivity contribution in [2.75, 3.05) is 0 Å². The fraction of sp³-hybridized carbons (Fsp3) is 0.300. The molecule has 0 amide bonds. The van der Waals surface area contributed by atoms with Crippen LogP contribution in [0.5, 0.6) is 0 Å². The summed E-state index contributed by atoms with van der Waals surface area (Å²) in [6, 6.07) is 1.61. The van der Waals surface area contributed by atoms with Crippen molar-refractivity contribution in [2.45, 2.75) is 19.4 Å². The molecule has 0 spiro atoms. The molecule has 2 aromatic heterocycles. The van der Waals surface area contributed by atoms with Gasteiger partial charge in [-0.25, -0.2) is 15.0 Å². The molecule has 2 aromatic rings. The summed E-state index contributed by atoms with van der Waals surface area (Å²) in [6.45, 7) is 1.98. The first-order valence-electron chi connectivity index (χ1n) is 4.69. The molecule has 0 aromatic carbocycles. The Labute approximate surface area is 92.2 Å². The van der Waals surface area contributed by atoms with Gasteiger partial charge >= 0.3 is 0 Å². The van der Waals surface area contributed by atoms with E-state index >= 15 is 0 Å². The Bertz CT molecular complexity index is 426. The highest BCUT2D eigenvalue weighted by Gasteiger charge is 2.11. The van der Waals surface area contributed by atoms with Gasteiger partial charge in [0.25, 0.3) is 0 Å². The van der Waals surface area contributed by atoms with Crippen LogP contribution in [0.15, 0.2) is 23.8 Å². The summed E-state index contributed by atoms with van der Waals surface area (Å²) in [5.41, 5.74) is 7.02. The number of hydrogen-bond donors (Lipinski definition) is 1. The van der Waals surface area contributed by atoms with Gasteiger partial charge in [0.1, 0.15) is 5.82 Å². The van der Waals surface area contributed by atoms with Crippen molar-refractivity contribution in [1.29, 1.82) is 0 Å². The van der Waals surface area contributed by atoms with Crippen LogP contribution in [0.4, 0.5) is 0 Å². The van der Waals surface area contributed by atoms with Gasteiger partial charge in [-0.15, -0.1) is 11.3 Å². The standard InChI is InChI=1S/C10H12N4S/c1-7-6-15-9(14-7)5-8(11)10-12-3-2-4-13-10/h2-4,6,8H,5,11H2,1H3. The van der Waals surface area contributed by atoms with Crippen LogP contribution in [0.2, 0.25) is 0 Å². The van der Waals surface area contributed by atoms with E-state index in [-0.39, 0.29) is 6.04 Å². The third-order valence-corrected chi connectivity index (χ3v) is 2.97. The van der Waals surface area contributed by atoms with Gasteiger partial charge in [0, 0.05) is 29.9 Å². The lowest BCUT2D eigenvalue weighted by atomic mass is 10.2. The number of aryl methyl sites for hydroxylation is 1. The van der Waals surface area contributed by atoms with Gasteiger partial charge in [-0.1, -0.05) is 0 Å². The van der Waals surface area contributed by atoms with Crippen LogP contribution in [-0.2, 0) is 6.42 Å². The van der Waals surface area contributed by atoms with Crippen molar-refractivity contribution < 1.29 is 0 Å². The van der Waals surface area contributed by atoms with Crippen LogP contribution in [0.1, 0.15) is 22.6 Å². The van der Waals surface area contributed by atoms with Gasteiger partial charge in [-0.3, -0.25) is 0 Å². The Morgan fingerprint density at radius 1 is 1.40 bits per heavy atom. The van der Waals surface area contributed by atoms with Crippen molar-refractivity contribution in [1.82, 2.24) is 15.0 Å². The summed E-state index contributed by atoms with van der Waals surface area (Å²) in [6.07, 6.45) is 4.10. The molecule has 0 aliphatic carbocycles. The number of nitrogens with zero attached hydrogens (tertiary/aromatic N) is 3. The van der Waals surface area contributed by atoms with Crippen LogP contribution in [-0.4, -0.2) is 15.0 Å². The highest BCUT2D eigenvalue weighted by atomic mass is 32.1. The maximum atomic E-state index is 5.98. The van der Waals surface area contributed by atoms with E-state index in [0.717, 1.165) is 10.7 Å². The third-order valence-electron chi connectivity index (χ3n) is 1.98. The van der Waals surface area contributed by atoms with E-state index in [1.54, 1.807) is 29.8 Å². The van der Waals surface area contributed by atoms with E-state index in [2.05, 4.69) is 15.0 Å². The number of nitrogens with two attached hydrogens (primary N) is 1. The minimum atomic E-state index is -0.170. The minimum Gasteiger partial charge on any atom is -0.321 e. The SMILES string of the molecule is Cc1csc(CC(N)c2ncccn2)n1. The van der Waals surface area contributed by atoms with Crippen LogP contribution in [0, 0.1) is 6.92 Å². The monoisotopic (exact) mass is 220 g/mol. The maximum absolute atomic E-state index is 5.98. The van der Waals surface area contributed by atoms with Crippen molar-refractivity contribution in [3.8, 4) is 0 Å². The van der Waals surface area contributed by atoms with Gasteiger partial charge < -0.3 is 5.73 Å². The fourth-order valence-corrected chi connectivity index (χ4v) is 2.11. The van der Waals surface area contributed by atoms with E-state index in [9.17, 15) is 0 Å². The smallest absolute Gasteiger partial charge is 0.145 e. The van der Waals surface area contributed by atoms with E-state index in [4.69, 9.17) is 5.73 Å². The Hall–Kier alpha value is -1.33. The normalized spacial score (nSPS) is 12.7. The van der Waals surface area contributed by atoms with Crippen molar-refractivity contribution in [2.24, 2.45) is 5.73 Å². The molecule has 0 radical (unpaired) electrons. The molecule has 5 heteroatoms. The summed E-state index contributed by atoms with van der Waals surface area (Å²) in [5, 5.41) is 3.06. The molecule has 0 saturated carbocycles. The van der Waals surface area contributed by atoms with Gasteiger partial charge in [0.2, 0.25) is 0 Å². The largest absolute Gasteiger partial charge is 0.321 e. The first-order chi connectivity index (χ1) is 7.25. The van der Waals surface area contributed by atoms with E-state index in [1.165, 1.54) is 0 Å². The van der Waals surface area contributed by atoms with E-state index in [0.29, 0.717) is 12.2 Å². The summed E-state index contributed by atoms with van der Waals surface area (Å²) >= 11 is 1.63. The minimum absolute atomic E-state index is 0.170. The second kappa shape index (κ2) is 4.46. The lowest BCUT2D eigenvalue weighted by Crippen LogP contribution is -2.16. The molecule has 0 fully saturated rings. The molecular weight excluding hydrogens is 208 g/mol. The molecule has 1 unspecified atom stereocenters. The van der Waals surface area contributed by atoms with Crippen LogP contribution < -0.4 is 5.73 Å². The molecule has 0 bridgehead atoms. The Balaban J connectivity index is 2.07. The van der Waals surface area contributed by atoms with Gasteiger partial charge in [0.05, 0.1) is 11.0 Å². The Morgan fingerprint density at radius 2 is 2.13 bits per heavy atom. The zero-order chi connectivity index (χ0) is 10.7. The number of aromatic nitrogens is 3.